The van der Waals surface area contributed by atoms with Gasteiger partial charge in [0.05, 0.1) is 17.7 Å². The van der Waals surface area contributed by atoms with Gasteiger partial charge in [0.2, 0.25) is 0 Å². The second-order valence-electron chi connectivity index (χ2n) is 7.82. The molecule has 6 nitrogen and oxygen atoms in total. The van der Waals surface area contributed by atoms with Crippen LogP contribution in [0.1, 0.15) is 26.3 Å². The third-order valence-corrected chi connectivity index (χ3v) is 5.20. The summed E-state index contributed by atoms with van der Waals surface area (Å²) in [5, 5.41) is 0. The monoisotopic (exact) mass is 482 g/mol. The summed E-state index contributed by atoms with van der Waals surface area (Å²) in [6.07, 6.45) is 0.626. The molecule has 36 heavy (non-hydrogen) atoms. The fourth-order valence-electron chi connectivity index (χ4n) is 3.37. The fourth-order valence-corrected chi connectivity index (χ4v) is 3.37. The van der Waals surface area contributed by atoms with E-state index in [2.05, 4.69) is 0 Å². The highest BCUT2D eigenvalue weighted by Crippen LogP contribution is 2.18. The minimum atomic E-state index is -0.538. The molecule has 0 saturated heterocycles. The lowest BCUT2D eigenvalue weighted by Gasteiger charge is -2.09. The first-order chi connectivity index (χ1) is 17.7. The van der Waals surface area contributed by atoms with Crippen LogP contribution in [0.2, 0.25) is 0 Å². The summed E-state index contributed by atoms with van der Waals surface area (Å²) in [6, 6.07) is 32.3. The molecule has 0 aromatic heterocycles. The van der Waals surface area contributed by atoms with Gasteiger partial charge in [-0.25, -0.2) is 9.59 Å². The Morgan fingerprint density at radius 3 is 1.83 bits per heavy atom. The molecular weight excluding hydrogens is 456 g/mol. The molecule has 0 aliphatic rings. The Morgan fingerprint density at radius 2 is 1.14 bits per heavy atom. The van der Waals surface area contributed by atoms with Gasteiger partial charge in [-0.3, -0.25) is 0 Å². The molecule has 0 unspecified atom stereocenters. The number of hydrogen-bond donors (Lipinski definition) is 0. The highest BCUT2D eigenvalue weighted by Gasteiger charge is 2.12. The largest absolute Gasteiger partial charge is 0.490 e. The van der Waals surface area contributed by atoms with Gasteiger partial charge in [0, 0.05) is 6.42 Å². The lowest BCUT2D eigenvalue weighted by atomic mass is 10.2. The summed E-state index contributed by atoms with van der Waals surface area (Å²) in [4.78, 5) is 24.9. The predicted octanol–water partition coefficient (Wildman–Crippen LogP) is 5.76. The van der Waals surface area contributed by atoms with Crippen molar-refractivity contribution in [1.29, 1.82) is 0 Å². The molecule has 0 amide bonds. The molecule has 0 radical (unpaired) electrons. The molecule has 0 atom stereocenters. The molecular formula is C30H26O6. The van der Waals surface area contributed by atoms with Crippen LogP contribution in [-0.4, -0.2) is 31.8 Å². The van der Waals surface area contributed by atoms with Crippen LogP contribution < -0.4 is 14.2 Å². The first kappa shape index (κ1) is 24.5. The van der Waals surface area contributed by atoms with Gasteiger partial charge in [-0.05, 0) is 60.2 Å². The number of benzene rings is 4. The Bertz CT molecular complexity index is 1250. The maximum Gasteiger partial charge on any atom is 0.343 e. The molecule has 0 aliphatic heterocycles. The second kappa shape index (κ2) is 12.8. The Labute approximate surface area is 210 Å². The van der Waals surface area contributed by atoms with Crippen molar-refractivity contribution in [2.45, 2.75) is 6.42 Å². The van der Waals surface area contributed by atoms with Crippen LogP contribution in [0, 0.1) is 0 Å². The van der Waals surface area contributed by atoms with Crippen molar-refractivity contribution in [2.75, 3.05) is 19.8 Å². The van der Waals surface area contributed by atoms with Gasteiger partial charge in [0.15, 0.2) is 0 Å². The van der Waals surface area contributed by atoms with Crippen LogP contribution >= 0.6 is 0 Å². The molecule has 4 aromatic rings. The zero-order valence-corrected chi connectivity index (χ0v) is 19.7. The molecule has 0 saturated carbocycles. The summed E-state index contributed by atoms with van der Waals surface area (Å²) in [5.41, 5.74) is 1.76. The van der Waals surface area contributed by atoms with Crippen molar-refractivity contribution < 1.29 is 28.5 Å². The van der Waals surface area contributed by atoms with Gasteiger partial charge in [0.25, 0.3) is 0 Å². The molecule has 0 spiro atoms. The summed E-state index contributed by atoms with van der Waals surface area (Å²) >= 11 is 0. The van der Waals surface area contributed by atoms with Gasteiger partial charge >= 0.3 is 11.9 Å². The van der Waals surface area contributed by atoms with Gasteiger partial charge in [0.1, 0.15) is 30.5 Å². The SMILES string of the molecule is O=C(OCCc1ccccc1)c1cccc(OC(=O)c2ccc(OCCOc3ccccc3)cc2)c1. The van der Waals surface area contributed by atoms with Crippen molar-refractivity contribution >= 4 is 11.9 Å². The van der Waals surface area contributed by atoms with E-state index in [1.165, 1.54) is 6.07 Å². The molecule has 0 aliphatic carbocycles. The van der Waals surface area contributed by atoms with Gasteiger partial charge < -0.3 is 18.9 Å². The van der Waals surface area contributed by atoms with Gasteiger partial charge in [-0.15, -0.1) is 0 Å². The number of esters is 2. The zero-order chi connectivity index (χ0) is 25.0. The van der Waals surface area contributed by atoms with Crippen LogP contribution in [0.5, 0.6) is 17.2 Å². The molecule has 0 fully saturated rings. The highest BCUT2D eigenvalue weighted by atomic mass is 16.5. The average molecular weight is 483 g/mol. The third-order valence-electron chi connectivity index (χ3n) is 5.20. The Kier molecular flexibility index (Phi) is 8.70. The Hall–Kier alpha value is -4.58. The van der Waals surface area contributed by atoms with E-state index in [0.29, 0.717) is 36.5 Å². The van der Waals surface area contributed by atoms with Crippen molar-refractivity contribution in [3.63, 3.8) is 0 Å². The zero-order valence-electron chi connectivity index (χ0n) is 19.7. The molecule has 4 rings (SSSR count). The summed E-state index contributed by atoms with van der Waals surface area (Å²) in [6.45, 7) is 1.03. The van der Waals surface area contributed by atoms with Gasteiger partial charge in [-0.2, -0.15) is 0 Å². The standard InChI is InChI=1S/C30H26O6/c31-29(35-19-18-23-8-3-1-4-9-23)25-10-7-13-28(22-25)36-30(32)24-14-16-27(17-15-24)34-21-20-33-26-11-5-2-6-12-26/h1-17,22H,18-21H2. The van der Waals surface area contributed by atoms with Crippen LogP contribution in [0.4, 0.5) is 0 Å². The first-order valence-electron chi connectivity index (χ1n) is 11.6. The fraction of sp³-hybridized carbons (Fsp3) is 0.133. The summed E-state index contributed by atoms with van der Waals surface area (Å²) in [7, 11) is 0. The Morgan fingerprint density at radius 1 is 0.528 bits per heavy atom. The minimum absolute atomic E-state index is 0.260. The lowest BCUT2D eigenvalue weighted by molar-refractivity contribution is 0.0507. The summed E-state index contributed by atoms with van der Waals surface area (Å²) < 4.78 is 22.0. The maximum atomic E-state index is 12.6. The molecule has 6 heteroatoms. The molecule has 0 bridgehead atoms. The van der Waals surface area contributed by atoms with Crippen molar-refractivity contribution in [2.24, 2.45) is 0 Å². The topological polar surface area (TPSA) is 71.1 Å². The van der Waals surface area contributed by atoms with Crippen molar-refractivity contribution in [3.05, 3.63) is 126 Å². The first-order valence-corrected chi connectivity index (χ1v) is 11.6. The summed E-state index contributed by atoms with van der Waals surface area (Å²) in [5.74, 6) is 0.646. The Balaban J connectivity index is 1.23. The molecule has 0 heterocycles. The smallest absolute Gasteiger partial charge is 0.343 e. The quantitative estimate of drug-likeness (QED) is 0.154. The van der Waals surface area contributed by atoms with E-state index in [4.69, 9.17) is 18.9 Å². The number of rotatable bonds is 11. The van der Waals surface area contributed by atoms with Crippen LogP contribution in [0.3, 0.4) is 0 Å². The molecule has 4 aromatic carbocycles. The number of ether oxygens (including phenoxy) is 4. The number of carbonyl (C=O) groups excluding carboxylic acids is 2. The number of hydrogen-bond acceptors (Lipinski definition) is 6. The number of para-hydroxylation sites is 1. The van der Waals surface area contributed by atoms with E-state index in [0.717, 1.165) is 11.3 Å². The van der Waals surface area contributed by atoms with Crippen LogP contribution in [0.15, 0.2) is 109 Å². The lowest BCUT2D eigenvalue weighted by Crippen LogP contribution is -2.11. The molecule has 182 valence electrons. The van der Waals surface area contributed by atoms with Crippen molar-refractivity contribution in [1.82, 2.24) is 0 Å². The minimum Gasteiger partial charge on any atom is -0.490 e. The predicted molar refractivity (Wildman–Crippen MR) is 136 cm³/mol. The van der Waals surface area contributed by atoms with E-state index in [1.807, 2.05) is 60.7 Å². The van der Waals surface area contributed by atoms with E-state index < -0.39 is 11.9 Å². The van der Waals surface area contributed by atoms with Gasteiger partial charge in [-0.1, -0.05) is 54.6 Å². The van der Waals surface area contributed by atoms with E-state index in [9.17, 15) is 9.59 Å². The van der Waals surface area contributed by atoms with Crippen LogP contribution in [0.25, 0.3) is 0 Å². The third kappa shape index (κ3) is 7.46. The highest BCUT2D eigenvalue weighted by molar-refractivity contribution is 5.92. The second-order valence-corrected chi connectivity index (χ2v) is 7.82. The maximum absolute atomic E-state index is 12.6. The number of carbonyl (C=O) groups is 2. The van der Waals surface area contributed by atoms with Crippen LogP contribution in [-0.2, 0) is 11.2 Å². The normalized spacial score (nSPS) is 10.3. The van der Waals surface area contributed by atoms with E-state index in [-0.39, 0.29) is 12.4 Å². The van der Waals surface area contributed by atoms with Crippen molar-refractivity contribution in [3.8, 4) is 17.2 Å². The average Bonchev–Trinajstić information content (AvgIpc) is 2.93. The van der Waals surface area contributed by atoms with E-state index in [1.54, 1.807) is 42.5 Å². The molecule has 0 N–H and O–H groups in total. The van der Waals surface area contributed by atoms with E-state index >= 15 is 0 Å².